The van der Waals surface area contributed by atoms with Gasteiger partial charge in [-0.25, -0.2) is 9.97 Å². The van der Waals surface area contributed by atoms with Crippen LogP contribution in [0.1, 0.15) is 5.56 Å². The summed E-state index contributed by atoms with van der Waals surface area (Å²) >= 11 is 0. The number of benzene rings is 2. The van der Waals surface area contributed by atoms with Crippen molar-refractivity contribution in [2.45, 2.75) is 6.18 Å². The first-order chi connectivity index (χ1) is 14.0. The Bertz CT molecular complexity index is 954. The van der Waals surface area contributed by atoms with Gasteiger partial charge in [0.05, 0.1) is 5.56 Å². The molecule has 1 saturated heterocycles. The molecule has 1 N–H and O–H groups in total. The Kier molecular flexibility index (Phi) is 5.24. The maximum Gasteiger partial charge on any atom is 0.416 e. The van der Waals surface area contributed by atoms with Gasteiger partial charge in [-0.2, -0.15) is 13.2 Å². The number of aromatic nitrogens is 2. The van der Waals surface area contributed by atoms with Crippen LogP contribution in [0.3, 0.4) is 0 Å². The number of alkyl halides is 3. The lowest BCUT2D eigenvalue weighted by molar-refractivity contribution is -0.137. The Hall–Kier alpha value is -3.29. The summed E-state index contributed by atoms with van der Waals surface area (Å²) in [4.78, 5) is 12.9. The van der Waals surface area contributed by atoms with Gasteiger partial charge in [0.2, 0.25) is 0 Å². The van der Waals surface area contributed by atoms with E-state index < -0.39 is 11.7 Å². The van der Waals surface area contributed by atoms with Gasteiger partial charge < -0.3 is 15.1 Å². The number of nitrogens with one attached hydrogen (secondary N) is 1. The molecular formula is C21H20F3N5. The van der Waals surface area contributed by atoms with Crippen LogP contribution in [-0.4, -0.2) is 36.1 Å². The van der Waals surface area contributed by atoms with Crippen LogP contribution >= 0.6 is 0 Å². The van der Waals surface area contributed by atoms with Gasteiger partial charge >= 0.3 is 6.18 Å². The second-order valence-electron chi connectivity index (χ2n) is 6.77. The van der Waals surface area contributed by atoms with Crippen molar-refractivity contribution in [2.24, 2.45) is 0 Å². The van der Waals surface area contributed by atoms with E-state index in [-0.39, 0.29) is 0 Å². The SMILES string of the molecule is FC(F)(F)c1cccc(Nc2cc(N3CCN(c4ccccc4)CC3)ncn2)c1. The van der Waals surface area contributed by atoms with E-state index in [4.69, 9.17) is 0 Å². The number of anilines is 4. The zero-order valence-corrected chi connectivity index (χ0v) is 15.6. The van der Waals surface area contributed by atoms with Crippen molar-refractivity contribution in [3.05, 3.63) is 72.6 Å². The predicted molar refractivity (Wildman–Crippen MR) is 108 cm³/mol. The Morgan fingerprint density at radius 3 is 2.24 bits per heavy atom. The van der Waals surface area contributed by atoms with Gasteiger partial charge in [0.15, 0.2) is 0 Å². The molecule has 29 heavy (non-hydrogen) atoms. The molecule has 0 radical (unpaired) electrons. The summed E-state index contributed by atoms with van der Waals surface area (Å²) in [6.07, 6.45) is -2.96. The molecule has 1 aromatic heterocycles. The zero-order chi connectivity index (χ0) is 20.3. The van der Waals surface area contributed by atoms with E-state index in [1.807, 2.05) is 18.2 Å². The molecule has 0 atom stereocenters. The summed E-state index contributed by atoms with van der Waals surface area (Å²) in [6.45, 7) is 3.33. The number of hydrogen-bond acceptors (Lipinski definition) is 5. The number of halogens is 3. The third-order valence-corrected chi connectivity index (χ3v) is 4.84. The lowest BCUT2D eigenvalue weighted by Gasteiger charge is -2.36. The van der Waals surface area contributed by atoms with Crippen molar-refractivity contribution in [2.75, 3.05) is 41.3 Å². The van der Waals surface area contributed by atoms with E-state index in [1.165, 1.54) is 18.1 Å². The molecule has 3 aromatic rings. The minimum absolute atomic E-state index is 0.332. The van der Waals surface area contributed by atoms with Crippen LogP contribution < -0.4 is 15.1 Å². The van der Waals surface area contributed by atoms with Gasteiger partial charge in [0.25, 0.3) is 0 Å². The van der Waals surface area contributed by atoms with Gasteiger partial charge in [0, 0.05) is 43.6 Å². The second-order valence-corrected chi connectivity index (χ2v) is 6.77. The van der Waals surface area contributed by atoms with Gasteiger partial charge in [-0.05, 0) is 30.3 Å². The third kappa shape index (κ3) is 4.59. The third-order valence-electron chi connectivity index (χ3n) is 4.84. The van der Waals surface area contributed by atoms with E-state index in [9.17, 15) is 13.2 Å². The quantitative estimate of drug-likeness (QED) is 0.697. The van der Waals surface area contributed by atoms with Crippen LogP contribution in [0, 0.1) is 0 Å². The number of piperazine rings is 1. The van der Waals surface area contributed by atoms with Crippen LogP contribution in [0.25, 0.3) is 0 Å². The number of nitrogens with zero attached hydrogens (tertiary/aromatic N) is 4. The summed E-state index contributed by atoms with van der Waals surface area (Å²) in [5, 5.41) is 2.94. The molecule has 4 rings (SSSR count). The highest BCUT2D eigenvalue weighted by Gasteiger charge is 2.30. The Morgan fingerprint density at radius 1 is 0.793 bits per heavy atom. The van der Waals surface area contributed by atoms with Gasteiger partial charge in [-0.1, -0.05) is 24.3 Å². The molecule has 1 fully saturated rings. The summed E-state index contributed by atoms with van der Waals surface area (Å²) in [6, 6.07) is 17.1. The van der Waals surface area contributed by atoms with E-state index in [2.05, 4.69) is 37.2 Å². The molecular weight excluding hydrogens is 379 g/mol. The van der Waals surface area contributed by atoms with E-state index in [1.54, 1.807) is 12.1 Å². The zero-order valence-electron chi connectivity index (χ0n) is 15.6. The predicted octanol–water partition coefficient (Wildman–Crippen LogP) is 4.57. The summed E-state index contributed by atoms with van der Waals surface area (Å²) in [7, 11) is 0. The second kappa shape index (κ2) is 7.98. The molecule has 0 amide bonds. The van der Waals surface area contributed by atoms with Crippen LogP contribution in [0.15, 0.2) is 67.0 Å². The van der Waals surface area contributed by atoms with Crippen LogP contribution in [0.2, 0.25) is 0 Å². The molecule has 0 aliphatic carbocycles. The monoisotopic (exact) mass is 399 g/mol. The molecule has 0 bridgehead atoms. The fourth-order valence-electron chi connectivity index (χ4n) is 3.34. The standard InChI is InChI=1S/C21H20F3N5/c22-21(23,24)16-5-4-6-17(13-16)27-19-14-20(26-15-25-19)29-11-9-28(10-12-29)18-7-2-1-3-8-18/h1-8,13-15H,9-12H2,(H,25,26,27). The van der Waals surface area contributed by atoms with Crippen LogP contribution in [0.4, 0.5) is 36.2 Å². The lowest BCUT2D eigenvalue weighted by Crippen LogP contribution is -2.46. The molecule has 0 spiro atoms. The Morgan fingerprint density at radius 2 is 1.52 bits per heavy atom. The molecule has 0 saturated carbocycles. The van der Waals surface area contributed by atoms with Gasteiger partial charge in [0.1, 0.15) is 18.0 Å². The summed E-state index contributed by atoms with van der Waals surface area (Å²) in [5.41, 5.74) is 0.828. The van der Waals surface area contributed by atoms with Crippen molar-refractivity contribution in [3.63, 3.8) is 0 Å². The fraction of sp³-hybridized carbons (Fsp3) is 0.238. The van der Waals surface area contributed by atoms with E-state index in [0.29, 0.717) is 11.5 Å². The number of para-hydroxylation sites is 1. The van der Waals surface area contributed by atoms with Gasteiger partial charge in [-0.15, -0.1) is 0 Å². The topological polar surface area (TPSA) is 44.3 Å². The minimum Gasteiger partial charge on any atom is -0.368 e. The smallest absolute Gasteiger partial charge is 0.368 e. The average Bonchev–Trinajstić information content (AvgIpc) is 2.74. The van der Waals surface area contributed by atoms with Crippen LogP contribution in [-0.2, 0) is 6.18 Å². The molecule has 2 aromatic carbocycles. The summed E-state index contributed by atoms with van der Waals surface area (Å²) in [5.74, 6) is 1.21. The first-order valence-corrected chi connectivity index (χ1v) is 9.30. The Labute approximate surface area is 166 Å². The highest BCUT2D eigenvalue weighted by atomic mass is 19.4. The molecule has 8 heteroatoms. The fourth-order valence-corrected chi connectivity index (χ4v) is 3.34. The number of rotatable bonds is 4. The molecule has 0 unspecified atom stereocenters. The first kappa shape index (κ1) is 19.0. The molecule has 1 aliphatic heterocycles. The molecule has 2 heterocycles. The normalized spacial score (nSPS) is 14.7. The number of hydrogen-bond donors (Lipinski definition) is 1. The molecule has 150 valence electrons. The van der Waals surface area contributed by atoms with E-state index in [0.717, 1.165) is 44.1 Å². The van der Waals surface area contributed by atoms with Crippen molar-refractivity contribution in [1.29, 1.82) is 0 Å². The molecule has 1 aliphatic rings. The first-order valence-electron chi connectivity index (χ1n) is 9.30. The lowest BCUT2D eigenvalue weighted by atomic mass is 10.2. The van der Waals surface area contributed by atoms with Crippen molar-refractivity contribution in [3.8, 4) is 0 Å². The molecule has 5 nitrogen and oxygen atoms in total. The van der Waals surface area contributed by atoms with Crippen molar-refractivity contribution >= 4 is 23.0 Å². The highest BCUT2D eigenvalue weighted by Crippen LogP contribution is 2.31. The van der Waals surface area contributed by atoms with Crippen molar-refractivity contribution < 1.29 is 13.2 Å². The largest absolute Gasteiger partial charge is 0.416 e. The summed E-state index contributed by atoms with van der Waals surface area (Å²) < 4.78 is 38.7. The maximum absolute atomic E-state index is 12.9. The van der Waals surface area contributed by atoms with Crippen LogP contribution in [0.5, 0.6) is 0 Å². The van der Waals surface area contributed by atoms with Crippen molar-refractivity contribution in [1.82, 2.24) is 9.97 Å². The Balaban J connectivity index is 1.43. The minimum atomic E-state index is -4.38. The maximum atomic E-state index is 12.9. The average molecular weight is 399 g/mol. The van der Waals surface area contributed by atoms with Gasteiger partial charge in [-0.3, -0.25) is 0 Å². The van der Waals surface area contributed by atoms with E-state index >= 15 is 0 Å². The highest BCUT2D eigenvalue weighted by molar-refractivity contribution is 5.60.